The first-order valence-corrected chi connectivity index (χ1v) is 12.2. The van der Waals surface area contributed by atoms with E-state index in [-0.39, 0.29) is 110 Å². The van der Waals surface area contributed by atoms with Crippen LogP contribution >= 0.6 is 0 Å². The smallest absolute Gasteiger partial charge is 0.506 e. The standard InChI is InChI=1S/C20H15N4O8S2.Cr.2Na/c1-11-18(20(26)24(23-11)12-5-4-6-13(9-12)33(27,28)29)21-22-19-15-8-3-2-7-14(15)17(10-16(19)25)34(30,31)32;;;/h2-10,25H,1H3,(H,27,28,29)(H,30,31,32);;;/q-1;;2*+1. The van der Waals surface area contributed by atoms with Crippen LogP contribution in [0.4, 0.5) is 11.4 Å². The maximum Gasteiger partial charge on any atom is 1.00 e. The van der Waals surface area contributed by atoms with E-state index in [1.807, 2.05) is 0 Å². The summed E-state index contributed by atoms with van der Waals surface area (Å²) in [4.78, 5) is 11.9. The normalized spacial score (nSPS) is 11.5. The van der Waals surface area contributed by atoms with Crippen LogP contribution in [0.15, 0.2) is 79.4 Å². The van der Waals surface area contributed by atoms with E-state index in [9.17, 15) is 35.8 Å². The number of azo groups is 1. The second-order valence-corrected chi connectivity index (χ2v) is 9.90. The zero-order valence-corrected chi connectivity index (χ0v) is 26.5. The molecule has 37 heavy (non-hydrogen) atoms. The van der Waals surface area contributed by atoms with Gasteiger partial charge in [0, 0.05) is 34.2 Å². The number of hydrogen-bond donors (Lipinski definition) is 3. The fraction of sp³-hybridized carbons (Fsp3) is 0.0500. The number of aromatic nitrogens is 2. The van der Waals surface area contributed by atoms with Crippen molar-refractivity contribution in [1.82, 2.24) is 9.78 Å². The van der Waals surface area contributed by atoms with E-state index in [0.717, 1.165) is 22.9 Å². The summed E-state index contributed by atoms with van der Waals surface area (Å²) >= 11 is 0. The van der Waals surface area contributed by atoms with Gasteiger partial charge in [-0.15, -0.1) is 5.69 Å². The molecule has 1 heterocycles. The molecule has 0 saturated carbocycles. The van der Waals surface area contributed by atoms with Crippen molar-refractivity contribution in [2.45, 2.75) is 16.7 Å². The molecule has 3 aromatic carbocycles. The van der Waals surface area contributed by atoms with Gasteiger partial charge in [-0.25, -0.2) is 9.78 Å². The van der Waals surface area contributed by atoms with Crippen LogP contribution < -0.4 is 64.7 Å². The third-order valence-electron chi connectivity index (χ3n) is 4.83. The Morgan fingerprint density at radius 2 is 1.54 bits per heavy atom. The Morgan fingerprint density at radius 1 is 0.919 bits per heavy atom. The molecule has 12 nitrogen and oxygen atoms in total. The van der Waals surface area contributed by atoms with E-state index < -0.39 is 41.3 Å². The number of phenols is 1. The minimum atomic E-state index is -4.65. The van der Waals surface area contributed by atoms with Gasteiger partial charge >= 0.3 is 59.1 Å². The van der Waals surface area contributed by atoms with E-state index >= 15 is 0 Å². The predicted octanol–water partition coefficient (Wildman–Crippen LogP) is -2.97. The monoisotopic (exact) mass is 601 g/mol. The summed E-state index contributed by atoms with van der Waals surface area (Å²) in [7, 11) is -9.16. The van der Waals surface area contributed by atoms with E-state index in [1.54, 1.807) is 6.07 Å². The third kappa shape index (κ3) is 7.01. The molecule has 0 aliphatic heterocycles. The topological polar surface area (TPSA) is 189 Å². The van der Waals surface area contributed by atoms with Crippen LogP contribution in [0.3, 0.4) is 0 Å². The number of aryl methyl sites for hydroxylation is 1. The van der Waals surface area contributed by atoms with Gasteiger partial charge in [-0.3, -0.25) is 9.11 Å². The SMILES string of the molecule is Cc1nn(-c2cccc(S(=O)(=O)O)c2)c(=O)[c-]1N=Nc1c(O)cc(S(=O)(=O)O)c2ccccc12.[Cr].[Na+].[Na+]. The van der Waals surface area contributed by atoms with Crippen LogP contribution in [-0.4, -0.2) is 40.8 Å². The van der Waals surface area contributed by atoms with Crippen molar-refractivity contribution in [3.8, 4) is 11.4 Å². The van der Waals surface area contributed by atoms with Gasteiger partial charge in [-0.05, 0) is 18.2 Å². The molecule has 0 aliphatic rings. The molecule has 4 rings (SSSR count). The predicted molar refractivity (Wildman–Crippen MR) is 120 cm³/mol. The zero-order valence-electron chi connectivity index (χ0n) is 19.6. The van der Waals surface area contributed by atoms with Gasteiger partial charge in [0.15, 0.2) is 0 Å². The van der Waals surface area contributed by atoms with Gasteiger partial charge in [0.05, 0.1) is 10.6 Å². The van der Waals surface area contributed by atoms with Crippen molar-refractivity contribution in [3.05, 3.63) is 70.6 Å². The van der Waals surface area contributed by atoms with Crippen molar-refractivity contribution < 1.29 is 108 Å². The van der Waals surface area contributed by atoms with Crippen molar-refractivity contribution in [1.29, 1.82) is 0 Å². The molecule has 1 aromatic heterocycles. The summed E-state index contributed by atoms with van der Waals surface area (Å²) in [5, 5.41) is 22.4. The van der Waals surface area contributed by atoms with Gasteiger partial charge in [-0.1, -0.05) is 42.9 Å². The van der Waals surface area contributed by atoms with E-state index in [1.165, 1.54) is 37.3 Å². The summed E-state index contributed by atoms with van der Waals surface area (Å²) in [6, 6.07) is 11.7. The average molecular weight is 601 g/mol. The molecule has 0 spiro atoms. The van der Waals surface area contributed by atoms with Gasteiger partial charge in [0.25, 0.3) is 20.2 Å². The summed E-state index contributed by atoms with van der Waals surface area (Å²) in [5.41, 5.74) is -0.950. The molecule has 0 bridgehead atoms. The number of nitrogens with zero attached hydrogens (tertiary/aromatic N) is 4. The first-order valence-electron chi connectivity index (χ1n) is 9.36. The van der Waals surface area contributed by atoms with Crippen LogP contribution in [0, 0.1) is 6.92 Å². The Hall–Kier alpha value is -1.32. The molecule has 182 valence electrons. The second kappa shape index (κ2) is 12.7. The molecular weight excluding hydrogens is 586 g/mol. The number of fused-ring (bicyclic) bond motifs is 1. The largest absolute Gasteiger partial charge is 1.00 e. The minimum Gasteiger partial charge on any atom is -0.506 e. The van der Waals surface area contributed by atoms with Crippen molar-refractivity contribution in [3.63, 3.8) is 0 Å². The molecule has 0 fully saturated rings. The fourth-order valence-corrected chi connectivity index (χ4v) is 4.53. The third-order valence-corrected chi connectivity index (χ3v) is 6.58. The number of aromatic hydroxyl groups is 1. The Bertz CT molecular complexity index is 1770. The van der Waals surface area contributed by atoms with Gasteiger partial charge in [0.2, 0.25) is 0 Å². The molecule has 0 unspecified atom stereocenters. The van der Waals surface area contributed by atoms with Crippen molar-refractivity contribution >= 4 is 42.4 Å². The number of hydrogen-bond acceptors (Lipinski definition) is 9. The van der Waals surface area contributed by atoms with Gasteiger partial charge < -0.3 is 15.0 Å². The number of rotatable bonds is 5. The summed E-state index contributed by atoms with van der Waals surface area (Å²) in [6.45, 7) is 1.46. The Morgan fingerprint density at radius 3 is 2.14 bits per heavy atom. The molecule has 0 aliphatic carbocycles. The Labute approximate surface area is 266 Å². The van der Waals surface area contributed by atoms with Gasteiger partial charge in [-0.2, -0.15) is 21.9 Å². The summed E-state index contributed by atoms with van der Waals surface area (Å²) in [5.74, 6) is -0.603. The molecule has 0 atom stereocenters. The van der Waals surface area contributed by atoms with Crippen LogP contribution in [-0.2, 0) is 37.6 Å². The van der Waals surface area contributed by atoms with Crippen LogP contribution in [0.25, 0.3) is 16.5 Å². The molecular formula is C20H15CrN4Na2O8S2+. The molecule has 0 saturated heterocycles. The summed E-state index contributed by atoms with van der Waals surface area (Å²) in [6.07, 6.45) is 0. The molecule has 0 amide bonds. The van der Waals surface area contributed by atoms with Crippen LogP contribution in [0.2, 0.25) is 0 Å². The van der Waals surface area contributed by atoms with E-state index in [2.05, 4.69) is 15.3 Å². The fourth-order valence-electron chi connectivity index (χ4n) is 3.29. The molecule has 17 heteroatoms. The van der Waals surface area contributed by atoms with Crippen LogP contribution in [0.5, 0.6) is 5.75 Å². The van der Waals surface area contributed by atoms with Crippen molar-refractivity contribution in [2.75, 3.05) is 0 Å². The van der Waals surface area contributed by atoms with Gasteiger partial charge in [0.1, 0.15) is 21.9 Å². The van der Waals surface area contributed by atoms with E-state index in [0.29, 0.717) is 0 Å². The molecule has 0 radical (unpaired) electrons. The quantitative estimate of drug-likeness (QED) is 0.0929. The second-order valence-electron chi connectivity index (χ2n) is 7.09. The first kappa shape index (κ1) is 33.7. The average Bonchev–Trinajstić information content (AvgIpc) is 3.05. The Kier molecular flexibility index (Phi) is 11.6. The van der Waals surface area contributed by atoms with Crippen molar-refractivity contribution in [2.24, 2.45) is 10.2 Å². The number of benzene rings is 3. The maximum atomic E-state index is 12.9. The van der Waals surface area contributed by atoms with Crippen LogP contribution in [0.1, 0.15) is 5.69 Å². The molecule has 3 N–H and O–H groups in total. The zero-order chi connectivity index (χ0) is 24.8. The number of phenolic OH excluding ortho intramolecular Hbond substituents is 1. The maximum absolute atomic E-state index is 12.9. The summed E-state index contributed by atoms with van der Waals surface area (Å²) < 4.78 is 65.7. The minimum absolute atomic E-state index is 0. The Balaban J connectivity index is 0.00000228. The molecule has 4 aromatic rings. The van der Waals surface area contributed by atoms with E-state index in [4.69, 9.17) is 0 Å². The first-order chi connectivity index (χ1) is 15.9.